The van der Waals surface area contributed by atoms with Gasteiger partial charge in [0.1, 0.15) is 0 Å². The number of hydrogen-bond donors (Lipinski definition) is 0. The van der Waals surface area contributed by atoms with Crippen molar-refractivity contribution in [3.05, 3.63) is 150 Å². The lowest BCUT2D eigenvalue weighted by Crippen LogP contribution is -1.94. The molecule has 42 heavy (non-hydrogen) atoms. The van der Waals surface area contributed by atoms with Gasteiger partial charge < -0.3 is 9.13 Å². The van der Waals surface area contributed by atoms with Gasteiger partial charge >= 0.3 is 0 Å². The number of benzene rings is 6. The zero-order valence-corrected chi connectivity index (χ0v) is 22.5. The monoisotopic (exact) mass is 534 g/mol. The molecule has 6 aromatic carbocycles. The second-order valence-corrected chi connectivity index (χ2v) is 10.4. The van der Waals surface area contributed by atoms with Crippen LogP contribution in [0.25, 0.3) is 71.0 Å². The third kappa shape index (κ3) is 3.47. The first kappa shape index (κ1) is 23.8. The van der Waals surface area contributed by atoms with Gasteiger partial charge in [0, 0.05) is 32.9 Å². The molecule has 0 N–H and O–H groups in total. The maximum absolute atomic E-state index is 9.32. The maximum atomic E-state index is 9.32. The summed E-state index contributed by atoms with van der Waals surface area (Å²) in [4.78, 5) is 3.56. The van der Waals surface area contributed by atoms with Crippen molar-refractivity contribution in [2.45, 2.75) is 0 Å². The molecule has 4 heteroatoms. The second kappa shape index (κ2) is 9.24. The van der Waals surface area contributed by atoms with E-state index in [1.807, 2.05) is 48.5 Å². The van der Waals surface area contributed by atoms with E-state index in [1.54, 1.807) is 0 Å². The lowest BCUT2D eigenvalue weighted by Gasteiger charge is -2.10. The van der Waals surface area contributed by atoms with E-state index in [-0.39, 0.29) is 0 Å². The summed E-state index contributed by atoms with van der Waals surface area (Å²) in [5.41, 5.74) is 10.2. The van der Waals surface area contributed by atoms with Crippen LogP contribution in [-0.4, -0.2) is 9.13 Å². The molecule has 2 heterocycles. The zero-order chi connectivity index (χ0) is 28.2. The van der Waals surface area contributed by atoms with Crippen molar-refractivity contribution in [2.24, 2.45) is 0 Å². The highest BCUT2D eigenvalue weighted by atomic mass is 15.0. The predicted molar refractivity (Wildman–Crippen MR) is 172 cm³/mol. The first-order chi connectivity index (χ1) is 20.7. The van der Waals surface area contributed by atoms with Crippen LogP contribution in [0.15, 0.2) is 133 Å². The number of hydrogen-bond acceptors (Lipinski definition) is 1. The SMILES string of the molecule is [C-]#[N+]c1ccc(-n2c3ccccc3c3cc(-c4cccc5c4c4ccccc4n5-c4ccc(C#N)cc4)ccc32)cc1. The van der Waals surface area contributed by atoms with Crippen molar-refractivity contribution in [3.8, 4) is 28.6 Å². The molecule has 0 aliphatic rings. The highest BCUT2D eigenvalue weighted by molar-refractivity contribution is 6.17. The molecule has 0 aliphatic carbocycles. The van der Waals surface area contributed by atoms with Crippen molar-refractivity contribution >= 4 is 49.3 Å². The molecule has 8 aromatic rings. The standard InChI is InChI=1S/C38H22N4/c1-40-27-16-20-29(21-17-27)41-34-10-4-2-7-31(34)33-23-26(15-22-36(33)41)30-9-6-12-37-38(30)32-8-3-5-11-35(32)42(37)28-18-13-25(24-39)14-19-28/h2-23H. The number of nitrogens with zero attached hydrogens (tertiary/aromatic N) is 4. The van der Waals surface area contributed by atoms with E-state index in [2.05, 4.69) is 105 Å². The molecular weight excluding hydrogens is 512 g/mol. The van der Waals surface area contributed by atoms with Crippen molar-refractivity contribution in [2.75, 3.05) is 0 Å². The molecule has 0 unspecified atom stereocenters. The highest BCUT2D eigenvalue weighted by Gasteiger charge is 2.18. The van der Waals surface area contributed by atoms with Gasteiger partial charge in [-0.25, -0.2) is 4.85 Å². The van der Waals surface area contributed by atoms with Crippen LogP contribution in [0.1, 0.15) is 5.56 Å². The van der Waals surface area contributed by atoms with Gasteiger partial charge in [0.2, 0.25) is 0 Å². The summed E-state index contributed by atoms with van der Waals surface area (Å²) >= 11 is 0. The molecule has 0 saturated heterocycles. The Hall–Kier alpha value is -6.10. The smallest absolute Gasteiger partial charge is 0.187 e. The van der Waals surface area contributed by atoms with Gasteiger partial charge in [0.15, 0.2) is 5.69 Å². The summed E-state index contributed by atoms with van der Waals surface area (Å²) < 4.78 is 4.56. The quantitative estimate of drug-likeness (QED) is 0.208. The molecule has 0 saturated carbocycles. The lowest BCUT2D eigenvalue weighted by molar-refractivity contribution is 1.18. The van der Waals surface area contributed by atoms with Gasteiger partial charge in [-0.2, -0.15) is 5.26 Å². The summed E-state index contributed by atoms with van der Waals surface area (Å²) in [5, 5.41) is 14.1. The second-order valence-electron chi connectivity index (χ2n) is 10.4. The number of fused-ring (bicyclic) bond motifs is 6. The normalized spacial score (nSPS) is 11.3. The van der Waals surface area contributed by atoms with Gasteiger partial charge in [-0.05, 0) is 77.9 Å². The van der Waals surface area contributed by atoms with Crippen molar-refractivity contribution in [1.82, 2.24) is 9.13 Å². The molecular formula is C38H22N4. The molecule has 0 spiro atoms. The summed E-state index contributed by atoms with van der Waals surface area (Å²) in [7, 11) is 0. The third-order valence-electron chi connectivity index (χ3n) is 8.17. The fourth-order valence-electron chi connectivity index (χ4n) is 6.32. The van der Waals surface area contributed by atoms with E-state index < -0.39 is 0 Å². The Morgan fingerprint density at radius 1 is 0.548 bits per heavy atom. The Morgan fingerprint density at radius 3 is 1.86 bits per heavy atom. The number of nitriles is 1. The van der Waals surface area contributed by atoms with Crippen LogP contribution in [-0.2, 0) is 0 Å². The Labute approximate surface area is 242 Å². The highest BCUT2D eigenvalue weighted by Crippen LogP contribution is 2.41. The van der Waals surface area contributed by atoms with E-state index in [0.717, 1.165) is 39.0 Å². The van der Waals surface area contributed by atoms with Crippen molar-refractivity contribution < 1.29 is 0 Å². The van der Waals surface area contributed by atoms with E-state index in [4.69, 9.17) is 6.57 Å². The van der Waals surface area contributed by atoms with Gasteiger partial charge in [-0.1, -0.05) is 66.7 Å². The van der Waals surface area contributed by atoms with Gasteiger partial charge in [-0.15, -0.1) is 0 Å². The molecule has 0 amide bonds. The molecule has 8 rings (SSSR count). The first-order valence-corrected chi connectivity index (χ1v) is 13.8. The molecule has 4 nitrogen and oxygen atoms in total. The number of para-hydroxylation sites is 2. The van der Waals surface area contributed by atoms with E-state index in [9.17, 15) is 5.26 Å². The van der Waals surface area contributed by atoms with Crippen molar-refractivity contribution in [1.29, 1.82) is 5.26 Å². The first-order valence-electron chi connectivity index (χ1n) is 13.8. The summed E-state index contributed by atoms with van der Waals surface area (Å²) in [5.74, 6) is 0. The topological polar surface area (TPSA) is 38.0 Å². The Morgan fingerprint density at radius 2 is 1.14 bits per heavy atom. The minimum Gasteiger partial charge on any atom is -0.309 e. The van der Waals surface area contributed by atoms with Crippen LogP contribution in [0.5, 0.6) is 0 Å². The minimum atomic E-state index is 0.634. The van der Waals surface area contributed by atoms with E-state index in [0.29, 0.717) is 11.3 Å². The average molecular weight is 535 g/mol. The number of aromatic nitrogens is 2. The van der Waals surface area contributed by atoms with Gasteiger partial charge in [-0.3, -0.25) is 0 Å². The molecule has 0 aliphatic heterocycles. The average Bonchev–Trinajstić information content (AvgIpc) is 3.57. The van der Waals surface area contributed by atoms with Crippen LogP contribution in [0, 0.1) is 17.9 Å². The largest absolute Gasteiger partial charge is 0.309 e. The van der Waals surface area contributed by atoms with Crippen LogP contribution in [0.2, 0.25) is 0 Å². The lowest BCUT2D eigenvalue weighted by atomic mass is 9.98. The van der Waals surface area contributed by atoms with Crippen LogP contribution in [0.4, 0.5) is 5.69 Å². The van der Waals surface area contributed by atoms with E-state index in [1.165, 1.54) is 27.1 Å². The fourth-order valence-corrected chi connectivity index (χ4v) is 6.32. The van der Waals surface area contributed by atoms with Crippen LogP contribution in [0.3, 0.4) is 0 Å². The number of rotatable bonds is 3. The Balaban J connectivity index is 1.39. The van der Waals surface area contributed by atoms with Gasteiger partial charge in [0.25, 0.3) is 0 Å². The summed E-state index contributed by atoms with van der Waals surface area (Å²) in [6, 6.07) is 48.1. The fraction of sp³-hybridized carbons (Fsp3) is 0. The third-order valence-corrected chi connectivity index (χ3v) is 8.17. The summed E-state index contributed by atoms with van der Waals surface area (Å²) in [6.07, 6.45) is 0. The minimum absolute atomic E-state index is 0.634. The molecule has 0 bridgehead atoms. The summed E-state index contributed by atoms with van der Waals surface area (Å²) in [6.45, 7) is 7.34. The van der Waals surface area contributed by atoms with Crippen molar-refractivity contribution in [3.63, 3.8) is 0 Å². The molecule has 2 aromatic heterocycles. The van der Waals surface area contributed by atoms with Crippen LogP contribution >= 0.6 is 0 Å². The van der Waals surface area contributed by atoms with E-state index >= 15 is 0 Å². The molecule has 0 fully saturated rings. The Bertz CT molecular complexity index is 2410. The zero-order valence-electron chi connectivity index (χ0n) is 22.5. The predicted octanol–water partition coefficient (Wildman–Crippen LogP) is 9.97. The van der Waals surface area contributed by atoms with Crippen LogP contribution < -0.4 is 0 Å². The molecule has 0 radical (unpaired) electrons. The molecule has 194 valence electrons. The molecule has 0 atom stereocenters. The van der Waals surface area contributed by atoms with Gasteiger partial charge in [0.05, 0.1) is 40.3 Å². The Kier molecular flexibility index (Phi) is 5.22. The maximum Gasteiger partial charge on any atom is 0.187 e.